The van der Waals surface area contributed by atoms with Crippen molar-refractivity contribution in [3.8, 4) is 0 Å². The van der Waals surface area contributed by atoms with Crippen molar-refractivity contribution in [3.05, 3.63) is 24.3 Å². The predicted octanol–water partition coefficient (Wildman–Crippen LogP) is 1.05. The van der Waals surface area contributed by atoms with Gasteiger partial charge in [0.15, 0.2) is 0 Å². The van der Waals surface area contributed by atoms with Gasteiger partial charge < -0.3 is 11.1 Å². The smallest absolute Gasteiger partial charge is 0.241 e. The van der Waals surface area contributed by atoms with Crippen LogP contribution in [0.1, 0.15) is 27.7 Å². The Morgan fingerprint density at radius 2 is 1.75 bits per heavy atom. The third-order valence-corrected chi connectivity index (χ3v) is 4.71. The Balaban J connectivity index is 2.96. The van der Waals surface area contributed by atoms with Crippen molar-refractivity contribution < 1.29 is 13.2 Å². The summed E-state index contributed by atoms with van der Waals surface area (Å²) in [5.41, 5.74) is 5.55. The Labute approximate surface area is 119 Å². The second-order valence-corrected chi connectivity index (χ2v) is 7.00. The van der Waals surface area contributed by atoms with Gasteiger partial charge >= 0.3 is 0 Å². The molecule has 6 nitrogen and oxygen atoms in total. The van der Waals surface area contributed by atoms with Crippen LogP contribution in [0.15, 0.2) is 29.2 Å². The highest BCUT2D eigenvalue weighted by molar-refractivity contribution is 7.89. The van der Waals surface area contributed by atoms with Crippen molar-refractivity contribution in [2.45, 2.75) is 44.2 Å². The molecule has 0 aliphatic rings. The maximum absolute atomic E-state index is 12.2. The van der Waals surface area contributed by atoms with Crippen LogP contribution in [-0.4, -0.2) is 25.9 Å². The molecule has 0 bridgehead atoms. The van der Waals surface area contributed by atoms with Crippen molar-refractivity contribution >= 4 is 21.6 Å². The SMILES string of the molecule is CC(=O)Nc1ccc(S(=O)(=O)NC(C)(C)C(C)N)cc1. The molecular weight excluding hydrogens is 278 g/mol. The van der Waals surface area contributed by atoms with E-state index in [0.717, 1.165) is 0 Å². The van der Waals surface area contributed by atoms with E-state index in [0.29, 0.717) is 5.69 Å². The van der Waals surface area contributed by atoms with Gasteiger partial charge in [-0.15, -0.1) is 0 Å². The van der Waals surface area contributed by atoms with Gasteiger partial charge in [0.1, 0.15) is 0 Å². The van der Waals surface area contributed by atoms with E-state index < -0.39 is 15.6 Å². The molecule has 1 unspecified atom stereocenters. The van der Waals surface area contributed by atoms with Crippen molar-refractivity contribution in [2.75, 3.05) is 5.32 Å². The molecule has 0 aromatic heterocycles. The summed E-state index contributed by atoms with van der Waals surface area (Å²) in [5, 5.41) is 2.58. The van der Waals surface area contributed by atoms with Gasteiger partial charge in [0, 0.05) is 24.2 Å². The zero-order valence-corrected chi connectivity index (χ0v) is 12.9. The normalized spacial score (nSPS) is 13.8. The second-order valence-electron chi connectivity index (χ2n) is 5.32. The molecule has 0 heterocycles. The lowest BCUT2D eigenvalue weighted by Crippen LogP contribution is -2.54. The van der Waals surface area contributed by atoms with E-state index in [2.05, 4.69) is 10.0 Å². The first-order valence-corrected chi connectivity index (χ1v) is 7.70. The zero-order valence-electron chi connectivity index (χ0n) is 12.1. The fraction of sp³-hybridized carbons (Fsp3) is 0.462. The molecule has 1 aromatic carbocycles. The number of nitrogens with two attached hydrogens (primary N) is 1. The lowest BCUT2D eigenvalue weighted by molar-refractivity contribution is -0.114. The summed E-state index contributed by atoms with van der Waals surface area (Å²) in [5.74, 6) is -0.211. The van der Waals surface area contributed by atoms with Crippen molar-refractivity contribution in [3.63, 3.8) is 0 Å². The van der Waals surface area contributed by atoms with Crippen molar-refractivity contribution in [2.24, 2.45) is 5.73 Å². The van der Waals surface area contributed by atoms with Crippen LogP contribution in [0.4, 0.5) is 5.69 Å². The number of benzene rings is 1. The molecule has 0 spiro atoms. The molecule has 1 amide bonds. The average Bonchev–Trinajstić information content (AvgIpc) is 2.27. The minimum Gasteiger partial charge on any atom is -0.326 e. The van der Waals surface area contributed by atoms with Crippen LogP contribution < -0.4 is 15.8 Å². The Bertz CT molecular complexity index is 577. The Morgan fingerprint density at radius 1 is 1.25 bits per heavy atom. The largest absolute Gasteiger partial charge is 0.326 e. The van der Waals surface area contributed by atoms with Gasteiger partial charge in [0.2, 0.25) is 15.9 Å². The summed E-state index contributed by atoms with van der Waals surface area (Å²) in [6.45, 7) is 6.57. The number of sulfonamides is 1. The summed E-state index contributed by atoms with van der Waals surface area (Å²) in [4.78, 5) is 11.0. The molecule has 0 aliphatic heterocycles. The number of hydrogen-bond acceptors (Lipinski definition) is 4. The van der Waals surface area contributed by atoms with Crippen LogP contribution in [0.5, 0.6) is 0 Å². The van der Waals surface area contributed by atoms with Gasteiger partial charge in [-0.2, -0.15) is 0 Å². The molecule has 0 aliphatic carbocycles. The standard InChI is InChI=1S/C13H21N3O3S/c1-9(14)13(3,4)16-20(18,19)12-7-5-11(6-8-12)15-10(2)17/h5-9,16H,14H2,1-4H3,(H,15,17). The lowest BCUT2D eigenvalue weighted by Gasteiger charge is -2.29. The lowest BCUT2D eigenvalue weighted by atomic mass is 9.99. The Hall–Kier alpha value is -1.44. The summed E-state index contributed by atoms with van der Waals surface area (Å²) in [7, 11) is -3.65. The summed E-state index contributed by atoms with van der Waals surface area (Å²) >= 11 is 0. The fourth-order valence-electron chi connectivity index (χ4n) is 1.42. The van der Waals surface area contributed by atoms with Crippen molar-refractivity contribution in [1.29, 1.82) is 0 Å². The molecule has 4 N–H and O–H groups in total. The summed E-state index contributed by atoms with van der Waals surface area (Å²) in [6.07, 6.45) is 0. The van der Waals surface area contributed by atoms with Gasteiger partial charge in [-0.3, -0.25) is 4.79 Å². The molecule has 1 aromatic rings. The highest BCUT2D eigenvalue weighted by atomic mass is 32.2. The molecule has 20 heavy (non-hydrogen) atoms. The van der Waals surface area contributed by atoms with Crippen LogP contribution >= 0.6 is 0 Å². The van der Waals surface area contributed by atoms with Crippen molar-refractivity contribution in [1.82, 2.24) is 4.72 Å². The first kappa shape index (κ1) is 16.6. The topological polar surface area (TPSA) is 101 Å². The third-order valence-electron chi connectivity index (χ3n) is 3.02. The van der Waals surface area contributed by atoms with E-state index in [1.54, 1.807) is 20.8 Å². The predicted molar refractivity (Wildman–Crippen MR) is 78.8 cm³/mol. The van der Waals surface area contributed by atoms with Crippen LogP contribution in [0.25, 0.3) is 0 Å². The average molecular weight is 299 g/mol. The van der Waals surface area contributed by atoms with Crippen LogP contribution in [-0.2, 0) is 14.8 Å². The maximum Gasteiger partial charge on any atom is 0.241 e. The van der Waals surface area contributed by atoms with E-state index in [-0.39, 0.29) is 16.8 Å². The molecular formula is C13H21N3O3S. The minimum atomic E-state index is -3.65. The molecule has 7 heteroatoms. The summed E-state index contributed by atoms with van der Waals surface area (Å²) < 4.78 is 27.0. The quantitative estimate of drug-likeness (QED) is 0.756. The van der Waals surface area contributed by atoms with E-state index in [9.17, 15) is 13.2 Å². The molecule has 0 fully saturated rings. The van der Waals surface area contributed by atoms with Gasteiger partial charge in [0.05, 0.1) is 4.90 Å². The second kappa shape index (κ2) is 5.90. The monoisotopic (exact) mass is 299 g/mol. The number of carbonyl (C=O) groups excluding carboxylic acids is 1. The number of rotatable bonds is 5. The Morgan fingerprint density at radius 3 is 2.15 bits per heavy atom. The van der Waals surface area contributed by atoms with Gasteiger partial charge in [0.25, 0.3) is 0 Å². The van der Waals surface area contributed by atoms with E-state index in [4.69, 9.17) is 5.73 Å². The van der Waals surface area contributed by atoms with E-state index in [1.807, 2.05) is 0 Å². The highest BCUT2D eigenvalue weighted by Crippen LogP contribution is 2.17. The molecule has 1 atom stereocenters. The van der Waals surface area contributed by atoms with Crippen LogP contribution in [0.2, 0.25) is 0 Å². The van der Waals surface area contributed by atoms with E-state index in [1.165, 1.54) is 31.2 Å². The number of nitrogens with one attached hydrogen (secondary N) is 2. The van der Waals surface area contributed by atoms with E-state index >= 15 is 0 Å². The maximum atomic E-state index is 12.2. The molecule has 1 rings (SSSR count). The third kappa shape index (κ3) is 4.29. The van der Waals surface area contributed by atoms with Gasteiger partial charge in [-0.25, -0.2) is 13.1 Å². The first-order valence-electron chi connectivity index (χ1n) is 6.22. The zero-order chi connectivity index (χ0) is 15.6. The molecule has 0 saturated carbocycles. The summed E-state index contributed by atoms with van der Waals surface area (Å²) in [6, 6.07) is 5.61. The number of carbonyl (C=O) groups is 1. The van der Waals surface area contributed by atoms with Crippen LogP contribution in [0, 0.1) is 0 Å². The molecule has 0 saturated heterocycles. The number of amides is 1. The Kier molecular flexibility index (Phi) is 4.90. The van der Waals surface area contributed by atoms with Gasteiger partial charge in [-0.05, 0) is 45.0 Å². The number of hydrogen-bond donors (Lipinski definition) is 3. The van der Waals surface area contributed by atoms with Crippen LogP contribution in [0.3, 0.4) is 0 Å². The fourth-order valence-corrected chi connectivity index (χ4v) is 2.91. The van der Waals surface area contributed by atoms with Gasteiger partial charge in [-0.1, -0.05) is 0 Å². The highest BCUT2D eigenvalue weighted by Gasteiger charge is 2.29. The minimum absolute atomic E-state index is 0.125. The number of anilines is 1. The first-order chi connectivity index (χ1) is 9.04. The molecule has 0 radical (unpaired) electrons. The molecule has 112 valence electrons.